The molecule has 112 valence electrons. The molecule has 2 aromatic heterocycles. The van der Waals surface area contributed by atoms with Gasteiger partial charge < -0.3 is 4.74 Å². The van der Waals surface area contributed by atoms with Crippen LogP contribution in [0.25, 0.3) is 5.65 Å². The third-order valence-corrected chi connectivity index (χ3v) is 5.79. The van der Waals surface area contributed by atoms with Crippen molar-refractivity contribution in [1.82, 2.24) is 14.6 Å². The molecule has 3 aliphatic rings. The molecule has 0 aromatic carbocycles. The molecule has 0 amide bonds. The van der Waals surface area contributed by atoms with Crippen LogP contribution in [0.1, 0.15) is 38.5 Å². The summed E-state index contributed by atoms with van der Waals surface area (Å²) in [4.78, 5) is 0. The molecule has 0 radical (unpaired) electrons. The van der Waals surface area contributed by atoms with Gasteiger partial charge in [-0.15, -0.1) is 10.2 Å². The van der Waals surface area contributed by atoms with E-state index in [-0.39, 0.29) is 5.41 Å². The van der Waals surface area contributed by atoms with Crippen molar-refractivity contribution in [2.24, 2.45) is 5.41 Å². The van der Waals surface area contributed by atoms with E-state index < -0.39 is 5.67 Å². The van der Waals surface area contributed by atoms with Crippen LogP contribution in [0, 0.1) is 5.41 Å². The number of rotatable bonds is 3. The zero-order valence-corrected chi connectivity index (χ0v) is 13.3. The number of alkyl halides is 1. The number of nitrogens with zero attached hydrogens (tertiary/aromatic N) is 3. The van der Waals surface area contributed by atoms with E-state index in [2.05, 4.69) is 26.1 Å². The molecule has 2 aromatic rings. The minimum absolute atomic E-state index is 0.160. The third-order valence-electron chi connectivity index (χ3n) is 5.19. The molecule has 3 fully saturated rings. The monoisotopic (exact) mass is 353 g/mol. The van der Waals surface area contributed by atoms with Gasteiger partial charge in [0.25, 0.3) is 0 Å². The van der Waals surface area contributed by atoms with Gasteiger partial charge in [-0.2, -0.15) is 0 Å². The molecule has 2 heterocycles. The SMILES string of the molecule is FC12CCC(COc3cc4nncn4cc3Br)(CC1)CC2. The lowest BCUT2D eigenvalue weighted by Gasteiger charge is -2.49. The Kier molecular flexibility index (Phi) is 3.00. The van der Waals surface area contributed by atoms with E-state index in [1.807, 2.05) is 16.7 Å². The highest BCUT2D eigenvalue weighted by molar-refractivity contribution is 9.10. The first-order valence-corrected chi connectivity index (χ1v) is 8.18. The summed E-state index contributed by atoms with van der Waals surface area (Å²) in [6.45, 7) is 0.659. The number of hydrogen-bond donors (Lipinski definition) is 0. The van der Waals surface area contributed by atoms with Crippen molar-refractivity contribution >= 4 is 21.6 Å². The van der Waals surface area contributed by atoms with Crippen LogP contribution in [-0.4, -0.2) is 26.9 Å². The summed E-state index contributed by atoms with van der Waals surface area (Å²) >= 11 is 3.52. The molecule has 0 atom stereocenters. The Morgan fingerprint density at radius 2 is 1.95 bits per heavy atom. The van der Waals surface area contributed by atoms with Gasteiger partial charge in [0, 0.05) is 17.7 Å². The van der Waals surface area contributed by atoms with E-state index >= 15 is 0 Å². The first-order chi connectivity index (χ1) is 10.1. The molecule has 3 saturated carbocycles. The maximum atomic E-state index is 14.2. The molecular formula is C15H17BrFN3O. The van der Waals surface area contributed by atoms with Crippen molar-refractivity contribution in [3.8, 4) is 5.75 Å². The molecule has 6 heteroatoms. The molecule has 0 spiro atoms. The molecule has 21 heavy (non-hydrogen) atoms. The van der Waals surface area contributed by atoms with Crippen molar-refractivity contribution in [3.63, 3.8) is 0 Å². The van der Waals surface area contributed by atoms with Gasteiger partial charge >= 0.3 is 0 Å². The van der Waals surface area contributed by atoms with Crippen LogP contribution < -0.4 is 4.74 Å². The van der Waals surface area contributed by atoms with Crippen LogP contribution in [0.5, 0.6) is 5.75 Å². The fourth-order valence-electron chi connectivity index (χ4n) is 3.60. The summed E-state index contributed by atoms with van der Waals surface area (Å²) in [5.41, 5.74) is 0.0382. The number of pyridine rings is 1. The Labute approximate surface area is 130 Å². The number of aromatic nitrogens is 3. The number of hydrogen-bond acceptors (Lipinski definition) is 3. The van der Waals surface area contributed by atoms with Gasteiger partial charge in [0.05, 0.1) is 11.1 Å². The summed E-state index contributed by atoms with van der Waals surface area (Å²) in [7, 11) is 0. The van der Waals surface area contributed by atoms with Gasteiger partial charge in [-0.3, -0.25) is 4.40 Å². The zero-order chi connectivity index (χ0) is 14.5. The smallest absolute Gasteiger partial charge is 0.164 e. The molecule has 2 bridgehead atoms. The lowest BCUT2D eigenvalue weighted by Crippen LogP contribution is -2.46. The predicted molar refractivity (Wildman–Crippen MR) is 80.2 cm³/mol. The topological polar surface area (TPSA) is 39.4 Å². The highest BCUT2D eigenvalue weighted by atomic mass is 79.9. The van der Waals surface area contributed by atoms with Crippen LogP contribution in [0.3, 0.4) is 0 Å². The second kappa shape index (κ2) is 4.66. The Morgan fingerprint density at radius 3 is 2.67 bits per heavy atom. The fraction of sp³-hybridized carbons (Fsp3) is 0.600. The Hall–Kier alpha value is -1.17. The molecule has 3 aliphatic carbocycles. The van der Waals surface area contributed by atoms with Crippen molar-refractivity contribution in [3.05, 3.63) is 23.1 Å². The molecule has 4 nitrogen and oxygen atoms in total. The third kappa shape index (κ3) is 2.33. The fourth-order valence-corrected chi connectivity index (χ4v) is 4.05. The second-order valence-electron chi connectivity index (χ2n) is 6.52. The molecule has 5 rings (SSSR count). The lowest BCUT2D eigenvalue weighted by atomic mass is 9.60. The number of halogens is 2. The van der Waals surface area contributed by atoms with Gasteiger partial charge in [0.1, 0.15) is 17.7 Å². The number of ether oxygens (including phenoxy) is 1. The quantitative estimate of drug-likeness (QED) is 0.838. The minimum atomic E-state index is -0.886. The van der Waals surface area contributed by atoms with Crippen LogP contribution in [-0.2, 0) is 0 Å². The maximum absolute atomic E-state index is 14.2. The molecule has 0 N–H and O–H groups in total. The second-order valence-corrected chi connectivity index (χ2v) is 7.38. The predicted octanol–water partition coefficient (Wildman–Crippen LogP) is 3.93. The van der Waals surface area contributed by atoms with Gasteiger partial charge in [-0.05, 0) is 54.5 Å². The maximum Gasteiger partial charge on any atom is 0.164 e. The summed E-state index contributed by atoms with van der Waals surface area (Å²) in [5, 5.41) is 7.90. The normalized spacial score (nSPS) is 31.7. The summed E-state index contributed by atoms with van der Waals surface area (Å²) < 4.78 is 23.0. The Bertz CT molecular complexity index is 662. The van der Waals surface area contributed by atoms with E-state index in [1.54, 1.807) is 6.33 Å². The summed E-state index contributed by atoms with van der Waals surface area (Å²) in [6, 6.07) is 1.89. The van der Waals surface area contributed by atoms with E-state index in [0.717, 1.165) is 35.1 Å². The first-order valence-electron chi connectivity index (χ1n) is 7.38. The average molecular weight is 354 g/mol. The molecule has 0 aliphatic heterocycles. The molecule has 0 saturated heterocycles. The first kappa shape index (κ1) is 13.5. The van der Waals surface area contributed by atoms with Crippen LogP contribution in [0.4, 0.5) is 4.39 Å². The lowest BCUT2D eigenvalue weighted by molar-refractivity contribution is -0.0547. The van der Waals surface area contributed by atoms with Gasteiger partial charge in [-0.25, -0.2) is 4.39 Å². The van der Waals surface area contributed by atoms with Crippen LogP contribution in [0.15, 0.2) is 23.1 Å². The van der Waals surface area contributed by atoms with Crippen LogP contribution >= 0.6 is 15.9 Å². The van der Waals surface area contributed by atoms with E-state index in [9.17, 15) is 4.39 Å². The largest absolute Gasteiger partial charge is 0.492 e. The van der Waals surface area contributed by atoms with Crippen molar-refractivity contribution in [2.75, 3.05) is 6.61 Å². The van der Waals surface area contributed by atoms with Crippen molar-refractivity contribution in [1.29, 1.82) is 0 Å². The van der Waals surface area contributed by atoms with Crippen molar-refractivity contribution < 1.29 is 9.13 Å². The highest BCUT2D eigenvalue weighted by Crippen LogP contribution is 2.54. The zero-order valence-electron chi connectivity index (χ0n) is 11.7. The Morgan fingerprint density at radius 1 is 1.24 bits per heavy atom. The number of fused-ring (bicyclic) bond motifs is 4. The summed E-state index contributed by atoms with van der Waals surface area (Å²) in [5.74, 6) is 0.785. The Balaban J connectivity index is 1.52. The van der Waals surface area contributed by atoms with E-state index in [0.29, 0.717) is 25.9 Å². The minimum Gasteiger partial charge on any atom is -0.492 e. The molecular weight excluding hydrogens is 337 g/mol. The standard InChI is InChI=1S/C15H17BrFN3O/c16-11-8-20-10-18-19-13(20)7-12(11)21-9-14-1-4-15(17,5-2-14)6-3-14/h7-8,10H,1-6,9H2. The average Bonchev–Trinajstić information content (AvgIpc) is 2.93. The summed E-state index contributed by atoms with van der Waals surface area (Å²) in [6.07, 6.45) is 8.46. The highest BCUT2D eigenvalue weighted by Gasteiger charge is 2.49. The van der Waals surface area contributed by atoms with Crippen molar-refractivity contribution in [2.45, 2.75) is 44.2 Å². The van der Waals surface area contributed by atoms with Gasteiger partial charge in [0.2, 0.25) is 0 Å². The van der Waals surface area contributed by atoms with Gasteiger partial charge in [0.15, 0.2) is 5.65 Å². The molecule has 0 unspecified atom stereocenters. The van der Waals surface area contributed by atoms with E-state index in [4.69, 9.17) is 4.74 Å². The van der Waals surface area contributed by atoms with E-state index in [1.165, 1.54) is 0 Å². The van der Waals surface area contributed by atoms with Gasteiger partial charge in [-0.1, -0.05) is 0 Å². The van der Waals surface area contributed by atoms with Crippen LogP contribution in [0.2, 0.25) is 0 Å².